The lowest BCUT2D eigenvalue weighted by atomic mass is 10.1. The van der Waals surface area contributed by atoms with Gasteiger partial charge in [0.05, 0.1) is 6.10 Å². The van der Waals surface area contributed by atoms with Gasteiger partial charge in [-0.2, -0.15) is 0 Å². The number of halogens is 1. The smallest absolute Gasteiger partial charge is 0.0821 e. The third kappa shape index (κ3) is 2.56. The fourth-order valence-electron chi connectivity index (χ4n) is 2.03. The molecule has 3 nitrogen and oxygen atoms in total. The first-order valence-corrected chi connectivity index (χ1v) is 6.36. The van der Waals surface area contributed by atoms with Crippen molar-refractivity contribution < 1.29 is 4.84 Å². The predicted molar refractivity (Wildman–Crippen MR) is 69.4 cm³/mol. The van der Waals surface area contributed by atoms with Crippen molar-refractivity contribution in [3.63, 3.8) is 0 Å². The topological polar surface area (TPSA) is 38.5 Å². The zero-order valence-electron chi connectivity index (χ0n) is 9.45. The largest absolute Gasteiger partial charge is 0.371 e. The van der Waals surface area contributed by atoms with E-state index in [1.807, 2.05) is 0 Å². The number of hydrogen-bond acceptors (Lipinski definition) is 3. The molecule has 0 unspecified atom stereocenters. The molecule has 1 heterocycles. The Labute approximate surface area is 105 Å². The van der Waals surface area contributed by atoms with Gasteiger partial charge in [-0.1, -0.05) is 22.0 Å². The lowest BCUT2D eigenvalue weighted by Crippen LogP contribution is -2.38. The van der Waals surface area contributed by atoms with Gasteiger partial charge in [0.1, 0.15) is 0 Å². The Kier molecular flexibility index (Phi) is 3.84. The molecule has 1 aromatic carbocycles. The van der Waals surface area contributed by atoms with Crippen molar-refractivity contribution in [3.8, 4) is 0 Å². The third-order valence-corrected chi connectivity index (χ3v) is 4.01. The van der Waals surface area contributed by atoms with Crippen molar-refractivity contribution in [1.82, 2.24) is 0 Å². The summed E-state index contributed by atoms with van der Waals surface area (Å²) in [5.74, 6) is 5.21. The molecule has 1 saturated heterocycles. The van der Waals surface area contributed by atoms with Crippen LogP contribution in [0.5, 0.6) is 0 Å². The van der Waals surface area contributed by atoms with Gasteiger partial charge in [0.25, 0.3) is 0 Å². The Bertz CT molecular complexity index is 362. The van der Waals surface area contributed by atoms with Crippen LogP contribution in [0.3, 0.4) is 0 Å². The fourth-order valence-corrected chi connectivity index (χ4v) is 2.40. The second-order valence-corrected chi connectivity index (χ2v) is 5.11. The quantitative estimate of drug-likeness (QED) is 0.849. The Morgan fingerprint density at radius 2 is 2.06 bits per heavy atom. The van der Waals surface area contributed by atoms with Gasteiger partial charge in [0.2, 0.25) is 0 Å². The van der Waals surface area contributed by atoms with Crippen molar-refractivity contribution in [2.75, 3.05) is 18.0 Å². The van der Waals surface area contributed by atoms with E-state index < -0.39 is 0 Å². The van der Waals surface area contributed by atoms with Crippen LogP contribution in [0, 0.1) is 6.92 Å². The Hall–Kier alpha value is -0.580. The standard InChI is InChI=1S/C12H17BrN2O/c1-9-2-3-10(8-12(9)13)15-6-4-11(16-14)5-7-15/h2-3,8,11H,4-7,14H2,1H3. The van der Waals surface area contributed by atoms with Gasteiger partial charge in [0.15, 0.2) is 0 Å². The van der Waals surface area contributed by atoms with E-state index in [0.717, 1.165) is 25.9 Å². The first-order chi connectivity index (χ1) is 7.70. The average molecular weight is 285 g/mol. The molecule has 1 aliphatic heterocycles. The molecule has 0 saturated carbocycles. The minimum absolute atomic E-state index is 0.227. The van der Waals surface area contributed by atoms with Gasteiger partial charge in [0, 0.05) is 23.2 Å². The Balaban J connectivity index is 2.05. The molecular weight excluding hydrogens is 268 g/mol. The highest BCUT2D eigenvalue weighted by Gasteiger charge is 2.19. The number of piperidine rings is 1. The van der Waals surface area contributed by atoms with E-state index in [2.05, 4.69) is 46.0 Å². The maximum absolute atomic E-state index is 5.21. The van der Waals surface area contributed by atoms with Crippen molar-refractivity contribution in [2.45, 2.75) is 25.9 Å². The minimum Gasteiger partial charge on any atom is -0.371 e. The predicted octanol–water partition coefficient (Wildman–Crippen LogP) is 2.62. The van der Waals surface area contributed by atoms with Crippen LogP contribution in [0.25, 0.3) is 0 Å². The highest BCUT2D eigenvalue weighted by Crippen LogP contribution is 2.26. The summed E-state index contributed by atoms with van der Waals surface area (Å²) in [5, 5.41) is 0. The molecule has 0 radical (unpaired) electrons. The van der Waals surface area contributed by atoms with E-state index in [0.29, 0.717) is 0 Å². The molecule has 1 aliphatic rings. The second-order valence-electron chi connectivity index (χ2n) is 4.26. The first-order valence-electron chi connectivity index (χ1n) is 5.57. The lowest BCUT2D eigenvalue weighted by Gasteiger charge is -2.32. The van der Waals surface area contributed by atoms with Gasteiger partial charge in [-0.25, -0.2) is 5.90 Å². The summed E-state index contributed by atoms with van der Waals surface area (Å²) in [6.07, 6.45) is 2.23. The van der Waals surface area contributed by atoms with E-state index in [9.17, 15) is 0 Å². The van der Waals surface area contributed by atoms with Crippen molar-refractivity contribution in [1.29, 1.82) is 0 Å². The first kappa shape index (κ1) is 11.9. The van der Waals surface area contributed by atoms with Gasteiger partial charge in [-0.05, 0) is 37.5 Å². The zero-order valence-corrected chi connectivity index (χ0v) is 11.0. The molecule has 0 bridgehead atoms. The van der Waals surface area contributed by atoms with Gasteiger partial charge in [-0.3, -0.25) is 0 Å². The highest BCUT2D eigenvalue weighted by molar-refractivity contribution is 9.10. The van der Waals surface area contributed by atoms with Crippen molar-refractivity contribution >= 4 is 21.6 Å². The monoisotopic (exact) mass is 284 g/mol. The van der Waals surface area contributed by atoms with Crippen LogP contribution in [-0.2, 0) is 4.84 Å². The molecule has 0 spiro atoms. The second kappa shape index (κ2) is 5.17. The number of nitrogens with zero attached hydrogens (tertiary/aromatic N) is 1. The number of aryl methyl sites for hydroxylation is 1. The highest BCUT2D eigenvalue weighted by atomic mass is 79.9. The van der Waals surface area contributed by atoms with E-state index >= 15 is 0 Å². The van der Waals surface area contributed by atoms with E-state index in [1.165, 1.54) is 15.7 Å². The summed E-state index contributed by atoms with van der Waals surface area (Å²) >= 11 is 3.57. The van der Waals surface area contributed by atoms with Crippen LogP contribution in [-0.4, -0.2) is 19.2 Å². The van der Waals surface area contributed by atoms with Crippen LogP contribution in [0.2, 0.25) is 0 Å². The van der Waals surface area contributed by atoms with Crippen molar-refractivity contribution in [3.05, 3.63) is 28.2 Å². The SMILES string of the molecule is Cc1ccc(N2CCC(ON)CC2)cc1Br. The van der Waals surface area contributed by atoms with E-state index in [1.54, 1.807) is 0 Å². The number of anilines is 1. The van der Waals surface area contributed by atoms with E-state index in [4.69, 9.17) is 10.7 Å². The zero-order chi connectivity index (χ0) is 11.5. The third-order valence-electron chi connectivity index (χ3n) is 3.15. The summed E-state index contributed by atoms with van der Waals surface area (Å²) in [4.78, 5) is 7.26. The minimum atomic E-state index is 0.227. The summed E-state index contributed by atoms with van der Waals surface area (Å²) < 4.78 is 1.17. The van der Waals surface area contributed by atoms with Gasteiger partial charge < -0.3 is 9.74 Å². The maximum atomic E-state index is 5.21. The molecule has 2 rings (SSSR count). The summed E-state index contributed by atoms with van der Waals surface area (Å²) in [7, 11) is 0. The number of rotatable bonds is 2. The van der Waals surface area contributed by atoms with Crippen LogP contribution >= 0.6 is 15.9 Å². The van der Waals surface area contributed by atoms with Crippen LogP contribution in [0.1, 0.15) is 18.4 Å². The number of benzene rings is 1. The Morgan fingerprint density at radius 1 is 1.38 bits per heavy atom. The molecule has 88 valence electrons. The molecule has 4 heteroatoms. The molecule has 0 aromatic heterocycles. The molecule has 16 heavy (non-hydrogen) atoms. The number of nitrogens with two attached hydrogens (primary N) is 1. The normalized spacial score (nSPS) is 17.8. The van der Waals surface area contributed by atoms with Gasteiger partial charge >= 0.3 is 0 Å². The molecule has 0 atom stereocenters. The van der Waals surface area contributed by atoms with Crippen LogP contribution in [0.15, 0.2) is 22.7 Å². The lowest BCUT2D eigenvalue weighted by molar-refractivity contribution is 0.0367. The molecule has 0 aliphatic carbocycles. The summed E-state index contributed by atoms with van der Waals surface area (Å²) in [5.41, 5.74) is 2.54. The molecule has 1 aromatic rings. The molecule has 0 amide bonds. The fraction of sp³-hybridized carbons (Fsp3) is 0.500. The molecular formula is C12H17BrN2O. The summed E-state index contributed by atoms with van der Waals surface area (Å²) in [6, 6.07) is 6.49. The van der Waals surface area contributed by atoms with Gasteiger partial charge in [-0.15, -0.1) is 0 Å². The summed E-state index contributed by atoms with van der Waals surface area (Å²) in [6.45, 7) is 4.12. The molecule has 2 N–H and O–H groups in total. The molecule has 1 fully saturated rings. The van der Waals surface area contributed by atoms with Crippen LogP contribution in [0.4, 0.5) is 5.69 Å². The van der Waals surface area contributed by atoms with Crippen LogP contribution < -0.4 is 10.8 Å². The number of hydrogen-bond donors (Lipinski definition) is 1. The van der Waals surface area contributed by atoms with E-state index in [-0.39, 0.29) is 6.10 Å². The van der Waals surface area contributed by atoms with Crippen molar-refractivity contribution in [2.24, 2.45) is 5.90 Å². The maximum Gasteiger partial charge on any atom is 0.0821 e. The Morgan fingerprint density at radius 3 is 2.62 bits per heavy atom. The average Bonchev–Trinajstić information content (AvgIpc) is 2.33.